The molecule has 3 N–H and O–H groups in total. The molecule has 0 aromatic carbocycles. The van der Waals surface area contributed by atoms with Gasteiger partial charge in [-0.2, -0.15) is 0 Å². The van der Waals surface area contributed by atoms with Crippen molar-refractivity contribution in [1.82, 2.24) is 20.1 Å². The van der Waals surface area contributed by atoms with Crippen LogP contribution in [0.5, 0.6) is 0 Å². The maximum atomic E-state index is 12.7. The zero-order valence-electron chi connectivity index (χ0n) is 18.4. The summed E-state index contributed by atoms with van der Waals surface area (Å²) in [4.78, 5) is 41.5. The highest BCUT2D eigenvalue weighted by molar-refractivity contribution is 6.32. The van der Waals surface area contributed by atoms with Gasteiger partial charge in [0, 0.05) is 25.0 Å². The predicted molar refractivity (Wildman–Crippen MR) is 126 cm³/mol. The van der Waals surface area contributed by atoms with Crippen LogP contribution in [0.15, 0.2) is 34.1 Å². The lowest BCUT2D eigenvalue weighted by Crippen LogP contribution is -2.58. The number of H-pyrrole nitrogens is 1. The fourth-order valence-corrected chi connectivity index (χ4v) is 5.46. The average molecular weight is 482 g/mol. The number of nitrogens with zero attached hydrogens (tertiary/aromatic N) is 2. The summed E-state index contributed by atoms with van der Waals surface area (Å²) in [5.41, 5.74) is 0.190. The molecule has 2 aromatic heterocycles. The Balaban J connectivity index is 0.00000289. The van der Waals surface area contributed by atoms with Crippen LogP contribution in [-0.4, -0.2) is 26.7 Å². The van der Waals surface area contributed by atoms with Gasteiger partial charge in [-0.05, 0) is 53.7 Å². The number of aromatic nitrogens is 3. The van der Waals surface area contributed by atoms with Crippen molar-refractivity contribution in [3.05, 3.63) is 55.8 Å². The Kier molecular flexibility index (Phi) is 7.05. The molecule has 0 aliphatic heterocycles. The van der Waals surface area contributed by atoms with Crippen molar-refractivity contribution < 1.29 is 4.79 Å². The van der Waals surface area contributed by atoms with E-state index in [1.54, 1.807) is 24.5 Å². The van der Waals surface area contributed by atoms with Crippen LogP contribution in [-0.2, 0) is 17.9 Å². The number of hydrogen-bond donors (Lipinski definition) is 3. The Morgan fingerprint density at radius 3 is 2.59 bits per heavy atom. The SMILES string of the molecule is C[C@@H]1[C@H]2C[C@@H](C[C@H]1Nc1c(Cl)c(=O)n(CC(=O)NCc3ccncc3)[nH]c1=O)C2(C)C.Cl. The lowest BCUT2D eigenvalue weighted by molar-refractivity contribution is -0.122. The Morgan fingerprint density at radius 1 is 1.28 bits per heavy atom. The second-order valence-electron chi connectivity index (χ2n) is 9.36. The molecule has 2 aromatic rings. The monoisotopic (exact) mass is 481 g/mol. The second-order valence-corrected chi connectivity index (χ2v) is 9.74. The molecule has 8 nitrogen and oxygen atoms in total. The third kappa shape index (κ3) is 4.43. The first-order valence-electron chi connectivity index (χ1n) is 10.6. The number of amides is 1. The summed E-state index contributed by atoms with van der Waals surface area (Å²) in [6, 6.07) is 3.65. The first kappa shape index (κ1) is 24.3. The van der Waals surface area contributed by atoms with E-state index in [0.717, 1.165) is 16.7 Å². The van der Waals surface area contributed by atoms with E-state index in [0.29, 0.717) is 29.7 Å². The van der Waals surface area contributed by atoms with Gasteiger partial charge in [0.25, 0.3) is 11.1 Å². The van der Waals surface area contributed by atoms with Gasteiger partial charge in [-0.3, -0.25) is 24.5 Å². The van der Waals surface area contributed by atoms with Gasteiger partial charge in [0.1, 0.15) is 17.3 Å². The van der Waals surface area contributed by atoms with Crippen molar-refractivity contribution in [2.24, 2.45) is 23.2 Å². The van der Waals surface area contributed by atoms with Crippen molar-refractivity contribution in [3.8, 4) is 0 Å². The number of aromatic amines is 1. The lowest BCUT2D eigenvalue weighted by atomic mass is 9.45. The Bertz CT molecular complexity index is 1100. The number of rotatable bonds is 6. The van der Waals surface area contributed by atoms with Crippen LogP contribution in [0.4, 0.5) is 5.69 Å². The quantitative estimate of drug-likeness (QED) is 0.587. The molecule has 32 heavy (non-hydrogen) atoms. The minimum atomic E-state index is -0.600. The minimum Gasteiger partial charge on any atom is -0.376 e. The smallest absolute Gasteiger partial charge is 0.287 e. The summed E-state index contributed by atoms with van der Waals surface area (Å²) < 4.78 is 0.947. The number of nitrogens with one attached hydrogen (secondary N) is 3. The van der Waals surface area contributed by atoms with Crippen molar-refractivity contribution in [3.63, 3.8) is 0 Å². The van der Waals surface area contributed by atoms with Crippen LogP contribution in [0.1, 0.15) is 39.2 Å². The van der Waals surface area contributed by atoms with Gasteiger partial charge < -0.3 is 10.6 Å². The van der Waals surface area contributed by atoms with E-state index in [1.165, 1.54) is 6.42 Å². The summed E-state index contributed by atoms with van der Waals surface area (Å²) in [5, 5.41) is 8.25. The highest BCUT2D eigenvalue weighted by atomic mass is 35.5. The van der Waals surface area contributed by atoms with Gasteiger partial charge in [-0.15, -0.1) is 12.4 Å². The van der Waals surface area contributed by atoms with E-state index >= 15 is 0 Å². The minimum absolute atomic E-state index is 0. The summed E-state index contributed by atoms with van der Waals surface area (Å²) in [7, 11) is 0. The molecule has 0 unspecified atom stereocenters. The largest absolute Gasteiger partial charge is 0.376 e. The van der Waals surface area contributed by atoms with Crippen LogP contribution in [0.3, 0.4) is 0 Å². The van der Waals surface area contributed by atoms with Crippen LogP contribution in [0.2, 0.25) is 5.02 Å². The highest BCUT2D eigenvalue weighted by Crippen LogP contribution is 2.61. The molecule has 0 radical (unpaired) electrons. The first-order valence-corrected chi connectivity index (χ1v) is 11.0. The number of hydrogen-bond acceptors (Lipinski definition) is 5. The molecule has 10 heteroatoms. The fourth-order valence-electron chi connectivity index (χ4n) is 5.22. The molecular formula is C22H29Cl2N5O3. The highest BCUT2D eigenvalue weighted by Gasteiger charge is 2.56. The normalized spacial score (nSPS) is 25.2. The van der Waals surface area contributed by atoms with Gasteiger partial charge in [0.2, 0.25) is 5.91 Å². The molecule has 2 bridgehead atoms. The molecule has 174 valence electrons. The van der Waals surface area contributed by atoms with E-state index in [-0.39, 0.29) is 35.7 Å². The van der Waals surface area contributed by atoms with Crippen LogP contribution in [0, 0.1) is 23.2 Å². The summed E-state index contributed by atoms with van der Waals surface area (Å²) in [5.74, 6) is 1.16. The number of carbonyl (C=O) groups is 1. The molecule has 5 rings (SSSR count). The molecule has 1 amide bonds. The molecule has 3 saturated carbocycles. The fraction of sp³-hybridized carbons (Fsp3) is 0.545. The zero-order chi connectivity index (χ0) is 22.3. The van der Waals surface area contributed by atoms with Gasteiger partial charge in [0.05, 0.1) is 0 Å². The second kappa shape index (κ2) is 9.27. The van der Waals surface area contributed by atoms with Crippen LogP contribution in [0.25, 0.3) is 0 Å². The third-order valence-electron chi connectivity index (χ3n) is 7.34. The number of carbonyl (C=O) groups excluding carboxylic acids is 1. The topological polar surface area (TPSA) is 109 Å². The first-order chi connectivity index (χ1) is 14.7. The van der Waals surface area contributed by atoms with E-state index in [4.69, 9.17) is 11.6 Å². The van der Waals surface area contributed by atoms with Crippen molar-refractivity contribution in [2.45, 2.75) is 52.7 Å². The Hall–Kier alpha value is -2.32. The van der Waals surface area contributed by atoms with E-state index in [9.17, 15) is 14.4 Å². The molecule has 3 aliphatic rings. The molecule has 3 aliphatic carbocycles. The standard InChI is InChI=1S/C22H28ClN5O3.ClH/c1-12-15-8-14(22(15,2)3)9-16(12)26-19-18(23)21(31)28(27-20(19)30)11-17(29)25-10-13-4-6-24-7-5-13;/h4-7,12,14-16,26H,8-11H2,1-3H3,(H,25,29)(H,27,30);1H/t12-,14+,15-,16-;/m1./s1. The van der Waals surface area contributed by atoms with Crippen LogP contribution >= 0.6 is 24.0 Å². The summed E-state index contributed by atoms with van der Waals surface area (Å²) in [6.45, 7) is 6.78. The molecule has 0 spiro atoms. The Labute approximate surface area is 197 Å². The maximum Gasteiger partial charge on any atom is 0.287 e. The summed E-state index contributed by atoms with van der Waals surface area (Å²) >= 11 is 6.28. The number of halogens is 2. The van der Waals surface area contributed by atoms with Gasteiger partial charge >= 0.3 is 0 Å². The average Bonchev–Trinajstić information content (AvgIpc) is 2.74. The van der Waals surface area contributed by atoms with E-state index in [1.807, 2.05) is 0 Å². The molecule has 2 heterocycles. The summed E-state index contributed by atoms with van der Waals surface area (Å²) in [6.07, 6.45) is 5.42. The molecule has 4 atom stereocenters. The van der Waals surface area contributed by atoms with Gasteiger partial charge in [-0.1, -0.05) is 32.4 Å². The molecule has 3 fully saturated rings. The zero-order valence-corrected chi connectivity index (χ0v) is 19.9. The maximum absolute atomic E-state index is 12.7. The third-order valence-corrected chi connectivity index (χ3v) is 7.69. The van der Waals surface area contributed by atoms with Crippen LogP contribution < -0.4 is 21.8 Å². The molecule has 0 saturated heterocycles. The number of pyridine rings is 1. The van der Waals surface area contributed by atoms with Crippen molar-refractivity contribution in [2.75, 3.05) is 5.32 Å². The van der Waals surface area contributed by atoms with Crippen molar-refractivity contribution in [1.29, 1.82) is 0 Å². The van der Waals surface area contributed by atoms with Gasteiger partial charge in [-0.25, -0.2) is 4.68 Å². The number of anilines is 1. The van der Waals surface area contributed by atoms with E-state index < -0.39 is 17.0 Å². The van der Waals surface area contributed by atoms with E-state index in [2.05, 4.69) is 41.5 Å². The van der Waals surface area contributed by atoms with Crippen molar-refractivity contribution >= 4 is 35.6 Å². The predicted octanol–water partition coefficient (Wildman–Crippen LogP) is 2.81. The lowest BCUT2D eigenvalue weighted by Gasteiger charge is -2.62. The Morgan fingerprint density at radius 2 is 1.97 bits per heavy atom. The molecular weight excluding hydrogens is 453 g/mol. The van der Waals surface area contributed by atoms with Gasteiger partial charge in [0.15, 0.2) is 0 Å². The number of fused-ring (bicyclic) bond motifs is 2.